The molecule has 2 N–H and O–H groups in total. The second-order valence-corrected chi connectivity index (χ2v) is 5.35. The number of nitrogens with zero attached hydrogens (tertiary/aromatic N) is 4. The van der Waals surface area contributed by atoms with Crippen LogP contribution < -0.4 is 5.43 Å². The van der Waals surface area contributed by atoms with Crippen LogP contribution in [0.2, 0.25) is 0 Å². The van der Waals surface area contributed by atoms with Crippen molar-refractivity contribution in [2.45, 2.75) is 6.92 Å². The minimum atomic E-state index is -0.486. The molecule has 0 saturated heterocycles. The predicted octanol–water partition coefficient (Wildman–Crippen LogP) is 2.53. The van der Waals surface area contributed by atoms with Crippen LogP contribution in [0.25, 0.3) is 11.3 Å². The van der Waals surface area contributed by atoms with Crippen molar-refractivity contribution in [3.05, 3.63) is 76.2 Å². The van der Waals surface area contributed by atoms with Crippen LogP contribution in [0.3, 0.4) is 0 Å². The molecule has 2 aromatic heterocycles. The lowest BCUT2D eigenvalue weighted by Gasteiger charge is -2.01. The summed E-state index contributed by atoms with van der Waals surface area (Å²) < 4.78 is 0. The fraction of sp³-hybridized carbons (Fsp3) is 0.0588. The van der Waals surface area contributed by atoms with Crippen LogP contribution in [0.15, 0.2) is 60.0 Å². The van der Waals surface area contributed by atoms with Gasteiger partial charge in [0.2, 0.25) is 0 Å². The summed E-state index contributed by atoms with van der Waals surface area (Å²) in [5.74, 6) is -0.470. The molecule has 9 heteroatoms. The molecule has 26 heavy (non-hydrogen) atoms. The number of aromatic amines is 1. The Balaban J connectivity index is 1.74. The van der Waals surface area contributed by atoms with E-state index in [2.05, 4.69) is 25.7 Å². The number of carbonyl (C=O) groups is 1. The van der Waals surface area contributed by atoms with E-state index in [1.165, 1.54) is 18.2 Å². The average molecular weight is 350 g/mol. The lowest BCUT2D eigenvalue weighted by atomic mass is 10.1. The maximum absolute atomic E-state index is 12.2. The normalized spacial score (nSPS) is 11.2. The van der Waals surface area contributed by atoms with Crippen molar-refractivity contribution in [2.75, 3.05) is 0 Å². The Morgan fingerprint density at radius 3 is 2.73 bits per heavy atom. The second kappa shape index (κ2) is 7.34. The first-order valence-electron chi connectivity index (χ1n) is 7.60. The Labute approximate surface area is 147 Å². The number of H-pyrrole nitrogens is 1. The monoisotopic (exact) mass is 350 g/mol. The molecule has 0 fully saturated rings. The van der Waals surface area contributed by atoms with E-state index in [-0.39, 0.29) is 11.4 Å². The highest BCUT2D eigenvalue weighted by atomic mass is 16.6. The lowest BCUT2D eigenvalue weighted by molar-refractivity contribution is -0.384. The highest BCUT2D eigenvalue weighted by molar-refractivity contribution is 6.00. The van der Waals surface area contributed by atoms with E-state index in [9.17, 15) is 14.9 Å². The molecule has 0 saturated carbocycles. The summed E-state index contributed by atoms with van der Waals surface area (Å²) in [6.07, 6.45) is 3.27. The topological polar surface area (TPSA) is 126 Å². The number of nitro benzene ring substituents is 1. The lowest BCUT2D eigenvalue weighted by Crippen LogP contribution is -2.19. The Bertz CT molecular complexity index is 981. The smallest absolute Gasteiger partial charge is 0.272 e. The van der Waals surface area contributed by atoms with Gasteiger partial charge >= 0.3 is 0 Å². The number of pyridine rings is 1. The van der Waals surface area contributed by atoms with Crippen LogP contribution in [0.1, 0.15) is 23.0 Å². The number of hydrazone groups is 1. The number of hydrogen-bond acceptors (Lipinski definition) is 6. The van der Waals surface area contributed by atoms with Gasteiger partial charge in [-0.3, -0.25) is 25.0 Å². The number of nitrogens with one attached hydrogen (secondary N) is 2. The minimum Gasteiger partial charge on any atom is -0.272 e. The van der Waals surface area contributed by atoms with Crippen molar-refractivity contribution in [2.24, 2.45) is 5.10 Å². The number of non-ortho nitro benzene ring substituents is 1. The third-order valence-corrected chi connectivity index (χ3v) is 3.60. The van der Waals surface area contributed by atoms with Gasteiger partial charge in [0.15, 0.2) is 0 Å². The van der Waals surface area contributed by atoms with Gasteiger partial charge in [0.25, 0.3) is 11.6 Å². The van der Waals surface area contributed by atoms with Gasteiger partial charge in [0, 0.05) is 35.7 Å². The van der Waals surface area contributed by atoms with Gasteiger partial charge in [-0.25, -0.2) is 5.43 Å². The van der Waals surface area contributed by atoms with Crippen LogP contribution in [0.4, 0.5) is 5.69 Å². The number of carbonyl (C=O) groups excluding carboxylic acids is 1. The van der Waals surface area contributed by atoms with Crippen molar-refractivity contribution >= 4 is 17.3 Å². The minimum absolute atomic E-state index is 0.0472. The van der Waals surface area contributed by atoms with Gasteiger partial charge in [-0.15, -0.1) is 0 Å². The number of rotatable bonds is 5. The number of hydrogen-bond donors (Lipinski definition) is 2. The van der Waals surface area contributed by atoms with Crippen molar-refractivity contribution in [3.63, 3.8) is 0 Å². The number of nitro groups is 1. The molecule has 0 aliphatic heterocycles. The summed E-state index contributed by atoms with van der Waals surface area (Å²) in [5.41, 5.74) is 5.00. The van der Waals surface area contributed by atoms with Gasteiger partial charge in [0.05, 0.1) is 16.3 Å². The Morgan fingerprint density at radius 1 is 1.23 bits per heavy atom. The van der Waals surface area contributed by atoms with E-state index < -0.39 is 10.8 Å². The average Bonchev–Trinajstić information content (AvgIpc) is 3.17. The van der Waals surface area contributed by atoms with E-state index in [0.717, 1.165) is 5.56 Å². The highest BCUT2D eigenvalue weighted by Crippen LogP contribution is 2.22. The van der Waals surface area contributed by atoms with Crippen LogP contribution in [-0.2, 0) is 0 Å². The summed E-state index contributed by atoms with van der Waals surface area (Å²) in [6.45, 7) is 1.76. The SMILES string of the molecule is C/C(=N/NC(=O)c1cc(-c2cccc([N+](=O)[O-])c2)n[nH]1)c1ccncc1. The first kappa shape index (κ1) is 17.0. The fourth-order valence-electron chi connectivity index (χ4n) is 2.22. The Morgan fingerprint density at radius 2 is 2.00 bits per heavy atom. The molecule has 0 radical (unpaired) electrons. The van der Waals surface area contributed by atoms with E-state index in [4.69, 9.17) is 0 Å². The molecule has 1 amide bonds. The molecule has 0 spiro atoms. The van der Waals surface area contributed by atoms with Crippen LogP contribution in [0.5, 0.6) is 0 Å². The van der Waals surface area contributed by atoms with E-state index in [1.807, 2.05) is 0 Å². The van der Waals surface area contributed by atoms with Gasteiger partial charge in [-0.1, -0.05) is 12.1 Å². The Kier molecular flexibility index (Phi) is 4.79. The van der Waals surface area contributed by atoms with Crippen LogP contribution in [-0.4, -0.2) is 31.7 Å². The summed E-state index contributed by atoms with van der Waals surface area (Å²) in [5, 5.41) is 21.5. The predicted molar refractivity (Wildman–Crippen MR) is 94.6 cm³/mol. The zero-order valence-electron chi connectivity index (χ0n) is 13.7. The fourth-order valence-corrected chi connectivity index (χ4v) is 2.22. The quantitative estimate of drug-likeness (QED) is 0.415. The van der Waals surface area contributed by atoms with Crippen LogP contribution >= 0.6 is 0 Å². The second-order valence-electron chi connectivity index (χ2n) is 5.35. The van der Waals surface area contributed by atoms with Crippen LogP contribution in [0, 0.1) is 10.1 Å². The molecule has 0 aliphatic rings. The first-order valence-corrected chi connectivity index (χ1v) is 7.60. The highest BCUT2D eigenvalue weighted by Gasteiger charge is 2.13. The molecular weight excluding hydrogens is 336 g/mol. The molecule has 0 bridgehead atoms. The molecule has 3 aromatic rings. The summed E-state index contributed by atoms with van der Waals surface area (Å²) in [7, 11) is 0. The molecule has 2 heterocycles. The molecule has 0 aliphatic carbocycles. The summed E-state index contributed by atoms with van der Waals surface area (Å²) in [6, 6.07) is 11.1. The van der Waals surface area contributed by atoms with Gasteiger partial charge in [-0.05, 0) is 25.1 Å². The third kappa shape index (κ3) is 3.78. The van der Waals surface area contributed by atoms with Crippen molar-refractivity contribution < 1.29 is 9.72 Å². The standard InChI is InChI=1S/C17H14N6O3/c1-11(12-5-7-18-8-6-12)19-22-17(24)16-10-15(20-21-16)13-3-2-4-14(9-13)23(25)26/h2-10H,1H3,(H,20,21)(H,22,24)/b19-11-. The number of aromatic nitrogens is 3. The largest absolute Gasteiger partial charge is 0.289 e. The molecule has 130 valence electrons. The molecule has 0 atom stereocenters. The van der Waals surface area contributed by atoms with Crippen molar-refractivity contribution in [1.82, 2.24) is 20.6 Å². The summed E-state index contributed by atoms with van der Waals surface area (Å²) in [4.78, 5) is 26.5. The third-order valence-electron chi connectivity index (χ3n) is 3.60. The number of benzene rings is 1. The zero-order chi connectivity index (χ0) is 18.5. The maximum Gasteiger partial charge on any atom is 0.289 e. The van der Waals surface area contributed by atoms with E-state index >= 15 is 0 Å². The van der Waals surface area contributed by atoms with Crippen molar-refractivity contribution in [3.8, 4) is 11.3 Å². The van der Waals surface area contributed by atoms with Gasteiger partial charge in [-0.2, -0.15) is 10.2 Å². The van der Waals surface area contributed by atoms with E-state index in [1.54, 1.807) is 43.6 Å². The number of amides is 1. The van der Waals surface area contributed by atoms with Crippen molar-refractivity contribution in [1.29, 1.82) is 0 Å². The zero-order valence-corrected chi connectivity index (χ0v) is 13.7. The Hall–Kier alpha value is -3.88. The first-order chi connectivity index (χ1) is 12.5. The van der Waals surface area contributed by atoms with Gasteiger partial charge < -0.3 is 0 Å². The molecule has 3 rings (SSSR count). The van der Waals surface area contributed by atoms with Gasteiger partial charge in [0.1, 0.15) is 5.69 Å². The molecule has 9 nitrogen and oxygen atoms in total. The maximum atomic E-state index is 12.2. The molecule has 0 unspecified atom stereocenters. The van der Waals surface area contributed by atoms with E-state index in [0.29, 0.717) is 17.0 Å². The molecule has 1 aromatic carbocycles. The summed E-state index contributed by atoms with van der Waals surface area (Å²) >= 11 is 0. The molecular formula is C17H14N6O3.